The molecule has 0 aromatic carbocycles. The van der Waals surface area contributed by atoms with Crippen molar-refractivity contribution in [1.82, 2.24) is 5.32 Å². The molecule has 0 fully saturated rings. The number of carbonyl (C=O) groups excluding carboxylic acids is 2. The average Bonchev–Trinajstić information content (AvgIpc) is 2.11. The molecule has 76 valence electrons. The van der Waals surface area contributed by atoms with Crippen molar-refractivity contribution in [1.29, 1.82) is 0 Å². The summed E-state index contributed by atoms with van der Waals surface area (Å²) in [6.07, 6.45) is 3.02. The van der Waals surface area contributed by atoms with Gasteiger partial charge in [0.1, 0.15) is 12.4 Å². The summed E-state index contributed by atoms with van der Waals surface area (Å²) in [5, 5.41) is 2.31. The summed E-state index contributed by atoms with van der Waals surface area (Å²) in [4.78, 5) is 20.8. The monoisotopic (exact) mass is 187 g/mol. The van der Waals surface area contributed by atoms with Crippen molar-refractivity contribution in [2.75, 3.05) is 6.54 Å². The van der Waals surface area contributed by atoms with Gasteiger partial charge in [-0.3, -0.25) is 0 Å². The fraction of sp³-hybridized carbons (Fsp3) is 0.778. The van der Waals surface area contributed by atoms with Gasteiger partial charge in [0.05, 0.1) is 6.54 Å². The lowest BCUT2D eigenvalue weighted by molar-refractivity contribution is -0.107. The van der Waals surface area contributed by atoms with Gasteiger partial charge in [-0.2, -0.15) is 0 Å². The normalized spacial score (nSPS) is 11.8. The maximum Gasteiger partial charge on any atom is 0.407 e. The number of hydrogen-bond acceptors (Lipinski definition) is 3. The number of nitrogens with one attached hydrogen (secondary N) is 1. The van der Waals surface area contributed by atoms with Gasteiger partial charge in [0.25, 0.3) is 0 Å². The first-order valence-corrected chi connectivity index (χ1v) is 4.58. The Bertz CT molecular complexity index is 159. The lowest BCUT2D eigenvalue weighted by atomic mass is 10.2. The highest BCUT2D eigenvalue weighted by molar-refractivity contribution is 5.70. The third-order valence-electron chi connectivity index (χ3n) is 1.60. The number of carbonyl (C=O) groups is 2. The number of hydrogen-bond donors (Lipinski definition) is 1. The zero-order valence-corrected chi connectivity index (χ0v) is 8.21. The fourth-order valence-electron chi connectivity index (χ4n) is 0.900. The van der Waals surface area contributed by atoms with E-state index in [1.165, 1.54) is 0 Å². The maximum absolute atomic E-state index is 10.9. The van der Waals surface area contributed by atoms with E-state index in [9.17, 15) is 9.59 Å². The lowest BCUT2D eigenvalue weighted by Gasteiger charge is -2.12. The van der Waals surface area contributed by atoms with Crippen LogP contribution in [0.4, 0.5) is 4.79 Å². The zero-order valence-electron chi connectivity index (χ0n) is 8.21. The highest BCUT2D eigenvalue weighted by atomic mass is 16.6. The Morgan fingerprint density at radius 3 is 2.85 bits per heavy atom. The summed E-state index contributed by atoms with van der Waals surface area (Å²) in [6, 6.07) is 0. The summed E-state index contributed by atoms with van der Waals surface area (Å²) in [5.74, 6) is 0. The molecule has 0 spiro atoms. The zero-order chi connectivity index (χ0) is 10.1. The van der Waals surface area contributed by atoms with Crippen LogP contribution < -0.4 is 5.32 Å². The van der Waals surface area contributed by atoms with Gasteiger partial charge in [-0.1, -0.05) is 19.8 Å². The molecule has 13 heavy (non-hydrogen) atoms. The van der Waals surface area contributed by atoms with Gasteiger partial charge in [-0.25, -0.2) is 4.79 Å². The summed E-state index contributed by atoms with van der Waals surface area (Å²) in [7, 11) is 0. The molecule has 0 aliphatic rings. The second-order valence-corrected chi connectivity index (χ2v) is 2.91. The third kappa shape index (κ3) is 7.31. The van der Waals surface area contributed by atoms with Crippen LogP contribution in [0, 0.1) is 0 Å². The Balaban J connectivity index is 3.46. The Hall–Kier alpha value is -1.06. The molecule has 1 atom stereocenters. The van der Waals surface area contributed by atoms with Crippen molar-refractivity contribution in [2.24, 2.45) is 0 Å². The smallest absolute Gasteiger partial charge is 0.407 e. The number of unbranched alkanes of at least 4 members (excludes halogenated alkanes) is 1. The van der Waals surface area contributed by atoms with Crippen molar-refractivity contribution in [3.05, 3.63) is 0 Å². The molecule has 1 N–H and O–H groups in total. The Morgan fingerprint density at radius 2 is 2.31 bits per heavy atom. The van der Waals surface area contributed by atoms with Crippen molar-refractivity contribution in [3.63, 3.8) is 0 Å². The SMILES string of the molecule is CCCCC(C)OC(=O)NCC=O. The van der Waals surface area contributed by atoms with Crippen molar-refractivity contribution >= 4 is 12.4 Å². The number of amides is 1. The minimum absolute atomic E-state index is 0.0132. The van der Waals surface area contributed by atoms with E-state index >= 15 is 0 Å². The summed E-state index contributed by atoms with van der Waals surface area (Å²) in [5.41, 5.74) is 0. The third-order valence-corrected chi connectivity index (χ3v) is 1.60. The molecular weight excluding hydrogens is 170 g/mol. The molecule has 0 radical (unpaired) electrons. The molecular formula is C9H17NO3. The number of alkyl carbamates (subject to hydrolysis) is 1. The van der Waals surface area contributed by atoms with E-state index in [0.717, 1.165) is 19.3 Å². The van der Waals surface area contributed by atoms with Crippen LogP contribution in [-0.4, -0.2) is 25.0 Å². The van der Waals surface area contributed by atoms with E-state index in [4.69, 9.17) is 4.74 Å². The van der Waals surface area contributed by atoms with E-state index in [0.29, 0.717) is 6.29 Å². The predicted molar refractivity (Wildman–Crippen MR) is 49.5 cm³/mol. The van der Waals surface area contributed by atoms with Crippen LogP contribution in [0.3, 0.4) is 0 Å². The minimum Gasteiger partial charge on any atom is -0.447 e. The van der Waals surface area contributed by atoms with Gasteiger partial charge in [-0.15, -0.1) is 0 Å². The Labute approximate surface area is 78.6 Å². The molecule has 0 bridgehead atoms. The van der Waals surface area contributed by atoms with E-state index in [-0.39, 0.29) is 12.6 Å². The largest absolute Gasteiger partial charge is 0.447 e. The summed E-state index contributed by atoms with van der Waals surface area (Å²) in [6.45, 7) is 3.94. The molecule has 0 heterocycles. The van der Waals surface area contributed by atoms with Crippen LogP contribution >= 0.6 is 0 Å². The molecule has 0 aliphatic heterocycles. The molecule has 1 unspecified atom stereocenters. The van der Waals surface area contributed by atoms with Crippen LogP contribution in [0.25, 0.3) is 0 Å². The second kappa shape index (κ2) is 7.58. The number of rotatable bonds is 6. The summed E-state index contributed by atoms with van der Waals surface area (Å²) < 4.78 is 4.95. The van der Waals surface area contributed by atoms with Gasteiger partial charge in [-0.05, 0) is 13.3 Å². The highest BCUT2D eigenvalue weighted by Gasteiger charge is 2.07. The van der Waals surface area contributed by atoms with Crippen molar-refractivity contribution in [3.8, 4) is 0 Å². The molecule has 1 amide bonds. The van der Waals surface area contributed by atoms with E-state index in [2.05, 4.69) is 12.2 Å². The van der Waals surface area contributed by atoms with Gasteiger partial charge >= 0.3 is 6.09 Å². The molecule has 0 aromatic heterocycles. The average molecular weight is 187 g/mol. The topological polar surface area (TPSA) is 55.4 Å². The van der Waals surface area contributed by atoms with Crippen LogP contribution in [0.15, 0.2) is 0 Å². The first kappa shape index (κ1) is 11.9. The first-order chi connectivity index (χ1) is 6.20. The Morgan fingerprint density at radius 1 is 1.62 bits per heavy atom. The summed E-state index contributed by atoms with van der Waals surface area (Å²) >= 11 is 0. The van der Waals surface area contributed by atoms with Gasteiger partial charge < -0.3 is 14.8 Å². The second-order valence-electron chi connectivity index (χ2n) is 2.91. The standard InChI is InChI=1S/C9H17NO3/c1-3-4-5-8(2)13-9(12)10-6-7-11/h7-8H,3-6H2,1-2H3,(H,10,12). The molecule has 0 saturated carbocycles. The number of ether oxygens (including phenoxy) is 1. The molecule has 4 nitrogen and oxygen atoms in total. The van der Waals surface area contributed by atoms with Crippen molar-refractivity contribution in [2.45, 2.75) is 39.2 Å². The van der Waals surface area contributed by atoms with Crippen LogP contribution in [-0.2, 0) is 9.53 Å². The molecule has 0 rings (SSSR count). The van der Waals surface area contributed by atoms with E-state index < -0.39 is 6.09 Å². The van der Waals surface area contributed by atoms with Gasteiger partial charge in [0.2, 0.25) is 0 Å². The van der Waals surface area contributed by atoms with Gasteiger partial charge in [0, 0.05) is 0 Å². The number of aldehydes is 1. The molecule has 0 aliphatic carbocycles. The molecule has 0 aromatic rings. The highest BCUT2D eigenvalue weighted by Crippen LogP contribution is 2.03. The maximum atomic E-state index is 10.9. The Kier molecular flexibility index (Phi) is 6.96. The van der Waals surface area contributed by atoms with Crippen LogP contribution in [0.5, 0.6) is 0 Å². The minimum atomic E-state index is -0.518. The quantitative estimate of drug-likeness (QED) is 0.641. The lowest BCUT2D eigenvalue weighted by Crippen LogP contribution is -2.29. The molecule has 0 saturated heterocycles. The van der Waals surface area contributed by atoms with Crippen molar-refractivity contribution < 1.29 is 14.3 Å². The van der Waals surface area contributed by atoms with Crippen LogP contribution in [0.1, 0.15) is 33.1 Å². The predicted octanol–water partition coefficient (Wildman–Crippen LogP) is 1.49. The first-order valence-electron chi connectivity index (χ1n) is 4.58. The van der Waals surface area contributed by atoms with Crippen LogP contribution in [0.2, 0.25) is 0 Å². The molecule has 4 heteroatoms. The van der Waals surface area contributed by atoms with Gasteiger partial charge in [0.15, 0.2) is 0 Å². The van der Waals surface area contributed by atoms with E-state index in [1.54, 1.807) is 0 Å². The fourth-order valence-corrected chi connectivity index (χ4v) is 0.900. The van der Waals surface area contributed by atoms with E-state index in [1.807, 2.05) is 6.92 Å².